The average molecular weight is 227 g/mol. The van der Waals surface area contributed by atoms with E-state index in [0.29, 0.717) is 0 Å². The van der Waals surface area contributed by atoms with Gasteiger partial charge in [-0.3, -0.25) is 4.79 Å². The summed E-state index contributed by atoms with van der Waals surface area (Å²) >= 11 is 0. The van der Waals surface area contributed by atoms with Gasteiger partial charge in [0.25, 0.3) is 0 Å². The van der Waals surface area contributed by atoms with Gasteiger partial charge in [0.1, 0.15) is 18.2 Å². The predicted molar refractivity (Wildman–Crippen MR) is 57.7 cm³/mol. The Morgan fingerprint density at radius 3 is 2.69 bits per heavy atom. The molecule has 5 heteroatoms. The van der Waals surface area contributed by atoms with Gasteiger partial charge in [-0.2, -0.15) is 0 Å². The van der Waals surface area contributed by atoms with Crippen LogP contribution in [0.4, 0.5) is 10.1 Å². The SMILES string of the molecule is CC(C)(COc1ccc(F)cc1N)C(=O)O. The molecule has 0 aliphatic rings. The molecule has 0 aromatic heterocycles. The van der Waals surface area contributed by atoms with E-state index in [1.54, 1.807) is 0 Å². The summed E-state index contributed by atoms with van der Waals surface area (Å²) in [5, 5.41) is 8.86. The standard InChI is InChI=1S/C11H14FNO3/c1-11(2,10(14)15)6-16-9-4-3-7(12)5-8(9)13/h3-5H,6,13H2,1-2H3,(H,14,15). The van der Waals surface area contributed by atoms with Crippen molar-refractivity contribution in [1.29, 1.82) is 0 Å². The third-order valence-electron chi connectivity index (χ3n) is 2.14. The average Bonchev–Trinajstić information content (AvgIpc) is 2.16. The fourth-order valence-corrected chi connectivity index (χ4v) is 0.971. The van der Waals surface area contributed by atoms with Gasteiger partial charge >= 0.3 is 5.97 Å². The number of hydrogen-bond acceptors (Lipinski definition) is 3. The monoisotopic (exact) mass is 227 g/mol. The van der Waals surface area contributed by atoms with E-state index < -0.39 is 17.2 Å². The molecule has 0 aliphatic heterocycles. The molecule has 1 aromatic carbocycles. The molecule has 1 aromatic rings. The van der Waals surface area contributed by atoms with Crippen molar-refractivity contribution in [1.82, 2.24) is 0 Å². The van der Waals surface area contributed by atoms with Crippen molar-refractivity contribution in [3.8, 4) is 5.75 Å². The number of carboxylic acids is 1. The van der Waals surface area contributed by atoms with Crippen molar-refractivity contribution >= 4 is 11.7 Å². The summed E-state index contributed by atoms with van der Waals surface area (Å²) in [6, 6.07) is 3.71. The zero-order chi connectivity index (χ0) is 12.3. The second-order valence-electron chi connectivity index (χ2n) is 4.16. The van der Waals surface area contributed by atoms with E-state index in [1.807, 2.05) is 0 Å². The lowest BCUT2D eigenvalue weighted by Gasteiger charge is -2.20. The van der Waals surface area contributed by atoms with Crippen molar-refractivity contribution in [2.24, 2.45) is 5.41 Å². The lowest BCUT2D eigenvalue weighted by Crippen LogP contribution is -2.30. The van der Waals surface area contributed by atoms with Crippen molar-refractivity contribution in [3.63, 3.8) is 0 Å². The Labute approximate surface area is 92.8 Å². The molecule has 88 valence electrons. The summed E-state index contributed by atoms with van der Waals surface area (Å²) in [6.45, 7) is 3.04. The van der Waals surface area contributed by atoms with E-state index >= 15 is 0 Å². The third-order valence-corrected chi connectivity index (χ3v) is 2.14. The van der Waals surface area contributed by atoms with Gasteiger partial charge in [0.2, 0.25) is 0 Å². The fourth-order valence-electron chi connectivity index (χ4n) is 0.971. The molecule has 0 saturated heterocycles. The molecule has 0 fully saturated rings. The molecule has 0 radical (unpaired) electrons. The first-order valence-corrected chi connectivity index (χ1v) is 4.74. The maximum atomic E-state index is 12.7. The summed E-state index contributed by atoms with van der Waals surface area (Å²) in [7, 11) is 0. The van der Waals surface area contributed by atoms with Crippen LogP contribution in [0, 0.1) is 11.2 Å². The number of hydrogen-bond donors (Lipinski definition) is 2. The maximum Gasteiger partial charge on any atom is 0.312 e. The van der Waals surface area contributed by atoms with Gasteiger partial charge in [0.05, 0.1) is 11.1 Å². The van der Waals surface area contributed by atoms with E-state index in [4.69, 9.17) is 15.6 Å². The summed E-state index contributed by atoms with van der Waals surface area (Å²) in [6.07, 6.45) is 0. The Morgan fingerprint density at radius 1 is 1.56 bits per heavy atom. The molecule has 4 nitrogen and oxygen atoms in total. The van der Waals surface area contributed by atoms with E-state index in [1.165, 1.54) is 26.0 Å². The number of carboxylic acid groups (broad SMARTS) is 1. The lowest BCUT2D eigenvalue weighted by atomic mass is 9.95. The summed E-state index contributed by atoms with van der Waals surface area (Å²) in [4.78, 5) is 10.8. The van der Waals surface area contributed by atoms with Crippen LogP contribution < -0.4 is 10.5 Å². The van der Waals surface area contributed by atoms with Crippen LogP contribution in [0.5, 0.6) is 5.75 Å². The normalized spacial score (nSPS) is 11.2. The first kappa shape index (κ1) is 12.3. The number of anilines is 1. The molecular weight excluding hydrogens is 213 g/mol. The Morgan fingerprint density at radius 2 is 2.19 bits per heavy atom. The summed E-state index contributed by atoms with van der Waals surface area (Å²) < 4.78 is 18.0. The number of aliphatic carboxylic acids is 1. The van der Waals surface area contributed by atoms with Gasteiger partial charge in [-0.05, 0) is 26.0 Å². The molecular formula is C11H14FNO3. The van der Waals surface area contributed by atoms with Crippen LogP contribution in [0.3, 0.4) is 0 Å². The number of nitrogens with two attached hydrogens (primary N) is 1. The Hall–Kier alpha value is -1.78. The molecule has 0 atom stereocenters. The lowest BCUT2D eigenvalue weighted by molar-refractivity contribution is -0.148. The second kappa shape index (κ2) is 4.38. The topological polar surface area (TPSA) is 72.5 Å². The highest BCUT2D eigenvalue weighted by molar-refractivity contribution is 5.73. The summed E-state index contributed by atoms with van der Waals surface area (Å²) in [5.41, 5.74) is 4.66. The van der Waals surface area contributed by atoms with E-state index in [0.717, 1.165) is 6.07 Å². The number of nitrogen functional groups attached to an aromatic ring is 1. The van der Waals surface area contributed by atoms with Gasteiger partial charge in [-0.25, -0.2) is 4.39 Å². The van der Waals surface area contributed by atoms with Gasteiger partial charge in [-0.15, -0.1) is 0 Å². The summed E-state index contributed by atoms with van der Waals surface area (Å²) in [5.74, 6) is -1.13. The van der Waals surface area contributed by atoms with Crippen molar-refractivity contribution < 1.29 is 19.0 Å². The van der Waals surface area contributed by atoms with E-state index in [-0.39, 0.29) is 18.0 Å². The van der Waals surface area contributed by atoms with E-state index in [9.17, 15) is 9.18 Å². The Kier molecular flexibility index (Phi) is 3.37. The third kappa shape index (κ3) is 2.85. The zero-order valence-corrected chi connectivity index (χ0v) is 9.16. The second-order valence-corrected chi connectivity index (χ2v) is 4.16. The molecule has 0 heterocycles. The van der Waals surface area contributed by atoms with Gasteiger partial charge in [0, 0.05) is 6.07 Å². The van der Waals surface area contributed by atoms with Crippen LogP contribution in [-0.2, 0) is 4.79 Å². The minimum Gasteiger partial charge on any atom is -0.490 e. The predicted octanol–water partition coefficient (Wildman–Crippen LogP) is 1.90. The van der Waals surface area contributed by atoms with Crippen LogP contribution in [0.1, 0.15) is 13.8 Å². The number of ether oxygens (including phenoxy) is 1. The number of carbonyl (C=O) groups is 1. The van der Waals surface area contributed by atoms with Crippen molar-refractivity contribution in [2.75, 3.05) is 12.3 Å². The van der Waals surface area contributed by atoms with Gasteiger partial charge < -0.3 is 15.6 Å². The Balaban J connectivity index is 2.72. The highest BCUT2D eigenvalue weighted by Gasteiger charge is 2.28. The molecule has 0 saturated carbocycles. The van der Waals surface area contributed by atoms with Crippen LogP contribution in [0.15, 0.2) is 18.2 Å². The molecule has 1 rings (SSSR count). The largest absolute Gasteiger partial charge is 0.490 e. The first-order chi connectivity index (χ1) is 7.33. The van der Waals surface area contributed by atoms with E-state index in [2.05, 4.69) is 0 Å². The minimum absolute atomic E-state index is 0.0296. The van der Waals surface area contributed by atoms with Gasteiger partial charge in [-0.1, -0.05) is 0 Å². The highest BCUT2D eigenvalue weighted by atomic mass is 19.1. The number of halogens is 1. The van der Waals surface area contributed by atoms with Crippen LogP contribution >= 0.6 is 0 Å². The highest BCUT2D eigenvalue weighted by Crippen LogP contribution is 2.24. The van der Waals surface area contributed by atoms with Gasteiger partial charge in [0.15, 0.2) is 0 Å². The van der Waals surface area contributed by atoms with Crippen LogP contribution in [-0.4, -0.2) is 17.7 Å². The molecule has 0 unspecified atom stereocenters. The van der Waals surface area contributed by atoms with Crippen LogP contribution in [0.2, 0.25) is 0 Å². The first-order valence-electron chi connectivity index (χ1n) is 4.74. The van der Waals surface area contributed by atoms with Crippen molar-refractivity contribution in [2.45, 2.75) is 13.8 Å². The molecule has 0 bridgehead atoms. The minimum atomic E-state index is -1.01. The molecule has 0 aliphatic carbocycles. The maximum absolute atomic E-state index is 12.7. The molecule has 0 spiro atoms. The van der Waals surface area contributed by atoms with Crippen molar-refractivity contribution in [3.05, 3.63) is 24.0 Å². The van der Waals surface area contributed by atoms with Crippen LogP contribution in [0.25, 0.3) is 0 Å². The molecule has 16 heavy (non-hydrogen) atoms. The number of benzene rings is 1. The molecule has 3 N–H and O–H groups in total. The zero-order valence-electron chi connectivity index (χ0n) is 9.16. The quantitative estimate of drug-likeness (QED) is 0.770. The molecule has 0 amide bonds. The Bertz CT molecular complexity index is 404. The number of rotatable bonds is 4. The smallest absolute Gasteiger partial charge is 0.312 e. The fraction of sp³-hybridized carbons (Fsp3) is 0.364.